The molecule has 3 fully saturated rings. The van der Waals surface area contributed by atoms with Crippen LogP contribution in [0.25, 0.3) is 0 Å². The van der Waals surface area contributed by atoms with Gasteiger partial charge in [0.25, 0.3) is 0 Å². The molecule has 4 rings (SSSR count). The summed E-state index contributed by atoms with van der Waals surface area (Å²) < 4.78 is 31.6. The quantitative estimate of drug-likeness (QED) is 0.214. The first-order valence-corrected chi connectivity index (χ1v) is 15.3. The summed E-state index contributed by atoms with van der Waals surface area (Å²) in [6.45, 7) is 3.42. The summed E-state index contributed by atoms with van der Waals surface area (Å²) in [4.78, 5) is 27.9. The summed E-state index contributed by atoms with van der Waals surface area (Å²) in [5.74, 6) is -0.912. The van der Waals surface area contributed by atoms with Crippen molar-refractivity contribution in [2.24, 2.45) is 5.92 Å². The topological polar surface area (TPSA) is 82.1 Å². The highest BCUT2D eigenvalue weighted by Crippen LogP contribution is 2.52. The van der Waals surface area contributed by atoms with Gasteiger partial charge in [-0.1, -0.05) is 57.2 Å². The summed E-state index contributed by atoms with van der Waals surface area (Å²) in [6, 6.07) is 8.72. The zero-order valence-corrected chi connectivity index (χ0v) is 23.2. The van der Waals surface area contributed by atoms with Gasteiger partial charge in [0.15, 0.2) is 5.79 Å². The lowest BCUT2D eigenvalue weighted by molar-refractivity contribution is -0.173. The normalized spacial score (nSPS) is 29.9. The minimum Gasteiger partial charge on any atom is -0.467 e. The van der Waals surface area contributed by atoms with Crippen molar-refractivity contribution < 1.29 is 28.0 Å². The van der Waals surface area contributed by atoms with Crippen molar-refractivity contribution >= 4 is 23.2 Å². The highest BCUT2D eigenvalue weighted by Gasteiger charge is 2.61. The Labute approximate surface area is 224 Å². The number of esters is 1. The number of amides is 1. The van der Waals surface area contributed by atoms with Gasteiger partial charge in [0, 0.05) is 17.7 Å². The Hall–Kier alpha value is -1.77. The van der Waals surface area contributed by atoms with Gasteiger partial charge in [0.2, 0.25) is 6.41 Å². The van der Waals surface area contributed by atoms with Crippen LogP contribution in [0.5, 0.6) is 0 Å². The van der Waals surface area contributed by atoms with Crippen molar-refractivity contribution in [1.82, 2.24) is 4.90 Å². The van der Waals surface area contributed by atoms with Crippen molar-refractivity contribution in [1.29, 1.82) is 0 Å². The number of nitrogens with zero attached hydrogens (tertiary/aromatic N) is 1. The van der Waals surface area contributed by atoms with E-state index >= 15 is 0 Å². The summed E-state index contributed by atoms with van der Waals surface area (Å²) in [5, 5.41) is -0.347. The zero-order chi connectivity index (χ0) is 26.3. The maximum Gasteiger partial charge on any atom is 0.328 e. The van der Waals surface area contributed by atoms with Crippen molar-refractivity contribution in [3.63, 3.8) is 0 Å². The van der Waals surface area contributed by atoms with Crippen molar-refractivity contribution in [2.75, 3.05) is 20.3 Å². The molecule has 2 saturated heterocycles. The number of hydrogen-bond acceptors (Lipinski definition) is 6. The van der Waals surface area contributed by atoms with Gasteiger partial charge < -0.3 is 19.1 Å². The van der Waals surface area contributed by atoms with Crippen molar-refractivity contribution in [2.45, 2.75) is 111 Å². The number of benzene rings is 1. The lowest BCUT2D eigenvalue weighted by Crippen LogP contribution is -2.60. The molecule has 206 valence electrons. The van der Waals surface area contributed by atoms with E-state index in [-0.39, 0.29) is 11.2 Å². The summed E-state index contributed by atoms with van der Waals surface area (Å²) in [7, 11) is -0.0158. The predicted octanol–water partition coefficient (Wildman–Crippen LogP) is 4.99. The van der Waals surface area contributed by atoms with Crippen LogP contribution in [0.15, 0.2) is 35.2 Å². The van der Waals surface area contributed by atoms with E-state index < -0.39 is 34.1 Å². The number of unbranched alkanes of at least 4 members (excludes halogenated alkanes) is 3. The maximum atomic E-state index is 14.1. The lowest BCUT2D eigenvalue weighted by atomic mass is 9.68. The highest BCUT2D eigenvalue weighted by atomic mass is 32.2. The fourth-order valence-electron chi connectivity index (χ4n) is 7.02. The molecule has 2 aliphatic heterocycles. The van der Waals surface area contributed by atoms with E-state index in [0.29, 0.717) is 19.6 Å². The van der Waals surface area contributed by atoms with E-state index in [2.05, 4.69) is 6.92 Å². The van der Waals surface area contributed by atoms with Crippen LogP contribution >= 0.6 is 0 Å². The number of hydrogen-bond donors (Lipinski definition) is 0. The Morgan fingerprint density at radius 3 is 2.57 bits per heavy atom. The molecule has 1 unspecified atom stereocenters. The Balaban J connectivity index is 1.63. The molecule has 7 nitrogen and oxygen atoms in total. The molecule has 2 heterocycles. The number of carbonyl (C=O) groups excluding carboxylic acids is 2. The third-order valence-electron chi connectivity index (χ3n) is 8.82. The Kier molecular flexibility index (Phi) is 9.81. The molecular formula is C29H43NO6S. The van der Waals surface area contributed by atoms with E-state index in [1.54, 1.807) is 4.90 Å². The molecule has 1 saturated carbocycles. The molecule has 1 aliphatic carbocycles. The molecule has 0 radical (unpaired) electrons. The molecule has 37 heavy (non-hydrogen) atoms. The molecule has 0 N–H and O–H groups in total. The van der Waals surface area contributed by atoms with Crippen LogP contribution in [0, 0.1) is 5.92 Å². The molecule has 8 heteroatoms. The first-order chi connectivity index (χ1) is 18.0. The van der Waals surface area contributed by atoms with Gasteiger partial charge in [0.1, 0.15) is 6.04 Å². The van der Waals surface area contributed by atoms with Crippen LogP contribution in [0.2, 0.25) is 0 Å². The molecule has 0 aromatic heterocycles. The lowest BCUT2D eigenvalue weighted by Gasteiger charge is -2.50. The van der Waals surface area contributed by atoms with E-state index in [9.17, 15) is 13.8 Å². The molecule has 5 atom stereocenters. The largest absolute Gasteiger partial charge is 0.467 e. The van der Waals surface area contributed by atoms with Crippen LogP contribution in [0.1, 0.15) is 84.0 Å². The summed E-state index contributed by atoms with van der Waals surface area (Å²) in [5.41, 5.74) is -0.665. The van der Waals surface area contributed by atoms with Gasteiger partial charge >= 0.3 is 5.97 Å². The molecular weight excluding hydrogens is 490 g/mol. The predicted molar refractivity (Wildman–Crippen MR) is 142 cm³/mol. The van der Waals surface area contributed by atoms with Gasteiger partial charge in [-0.2, -0.15) is 0 Å². The number of ether oxygens (including phenoxy) is 3. The third kappa shape index (κ3) is 5.81. The second-order valence-electron chi connectivity index (χ2n) is 10.8. The zero-order valence-electron chi connectivity index (χ0n) is 22.4. The Morgan fingerprint density at radius 2 is 1.89 bits per heavy atom. The number of methoxy groups -OCH3 is 1. The maximum absolute atomic E-state index is 14.1. The second-order valence-corrected chi connectivity index (χ2v) is 12.4. The summed E-state index contributed by atoms with van der Waals surface area (Å²) in [6.07, 6.45) is 11.8. The van der Waals surface area contributed by atoms with Crippen LogP contribution in [0.4, 0.5) is 0 Å². The fraction of sp³-hybridized carbons (Fsp3) is 0.724. The molecule has 1 aromatic rings. The van der Waals surface area contributed by atoms with Crippen LogP contribution in [0.3, 0.4) is 0 Å². The van der Waals surface area contributed by atoms with Gasteiger partial charge in [-0.25, -0.2) is 4.79 Å². The highest BCUT2D eigenvalue weighted by molar-refractivity contribution is 7.85. The van der Waals surface area contributed by atoms with E-state index in [1.807, 2.05) is 30.3 Å². The number of rotatable bonds is 12. The monoisotopic (exact) mass is 533 g/mol. The average Bonchev–Trinajstić information content (AvgIpc) is 3.53. The minimum absolute atomic E-state index is 0.0964. The number of carbonyl (C=O) groups is 2. The SMILES string of the molecule is CCCCCCC1(CC[C@@H]2CCCC[C@@]23[C@@H](S(=O)c2ccccc2)C[C@@H](C(=O)OC)N3C=O)OCCO1. The fourth-order valence-corrected chi connectivity index (χ4v) is 8.94. The van der Waals surface area contributed by atoms with Gasteiger partial charge in [-0.3, -0.25) is 9.00 Å². The number of likely N-dealkylation sites (tertiary alicyclic amines) is 1. The standard InChI is InChI=1S/C29H43NO6S/c1-3-4-5-10-16-28(35-19-20-36-28)18-15-23-12-9-11-17-29(23)26(37(33)24-13-7-6-8-14-24)21-25(27(32)34-2)30(29)22-31/h6-8,13-14,22-23,25-26H,3-5,9-12,15-21H2,1-2H3/t23-,25-,26-,29-,37?/m0/s1. The minimum atomic E-state index is -1.37. The Bertz CT molecular complexity index is 920. The first kappa shape index (κ1) is 28.2. The van der Waals surface area contributed by atoms with Crippen molar-refractivity contribution in [3.05, 3.63) is 30.3 Å². The van der Waals surface area contributed by atoms with Gasteiger partial charge in [-0.15, -0.1) is 0 Å². The third-order valence-corrected chi connectivity index (χ3v) is 10.7. The van der Waals surface area contributed by atoms with Gasteiger partial charge in [-0.05, 0) is 50.2 Å². The molecule has 1 amide bonds. The first-order valence-electron chi connectivity index (χ1n) is 14.1. The van der Waals surface area contributed by atoms with E-state index in [0.717, 1.165) is 69.1 Å². The van der Waals surface area contributed by atoms with Crippen LogP contribution in [-0.4, -0.2) is 64.4 Å². The van der Waals surface area contributed by atoms with E-state index in [4.69, 9.17) is 14.2 Å². The molecule has 3 aliphatic rings. The van der Waals surface area contributed by atoms with Crippen molar-refractivity contribution in [3.8, 4) is 0 Å². The van der Waals surface area contributed by atoms with Crippen LogP contribution in [-0.2, 0) is 34.6 Å². The van der Waals surface area contributed by atoms with E-state index in [1.165, 1.54) is 20.0 Å². The van der Waals surface area contributed by atoms with Gasteiger partial charge in [0.05, 0.1) is 41.9 Å². The van der Waals surface area contributed by atoms with Crippen LogP contribution < -0.4 is 0 Å². The smallest absolute Gasteiger partial charge is 0.328 e. The Morgan fingerprint density at radius 1 is 1.14 bits per heavy atom. The summed E-state index contributed by atoms with van der Waals surface area (Å²) >= 11 is 0. The molecule has 1 aromatic carbocycles. The second kappa shape index (κ2) is 12.9. The average molecular weight is 534 g/mol. The molecule has 1 spiro atoms. The molecule has 0 bridgehead atoms.